The molecule has 0 N–H and O–H groups in total. The van der Waals surface area contributed by atoms with E-state index in [2.05, 4.69) is 0 Å². The molecule has 0 spiro atoms. The van der Waals surface area contributed by atoms with E-state index in [0.29, 0.717) is 30.2 Å². The van der Waals surface area contributed by atoms with Crippen molar-refractivity contribution in [3.63, 3.8) is 0 Å². The van der Waals surface area contributed by atoms with Gasteiger partial charge >= 0.3 is 5.97 Å². The van der Waals surface area contributed by atoms with Crippen LogP contribution in [0.15, 0.2) is 72.8 Å². The standard InChI is InChI=1S/C26H23NO5/c1-2-3-15-27-24(28)22-14-9-19(16-23(22)25(27)29)26(30)32-21-12-10-20(11-13-21)31-17-18-7-5-4-6-8-18/h4-14,16H,2-3,15,17H2,1H3. The second-order valence-corrected chi connectivity index (χ2v) is 7.51. The minimum Gasteiger partial charge on any atom is -0.489 e. The van der Waals surface area contributed by atoms with Crippen molar-refractivity contribution in [2.24, 2.45) is 0 Å². The molecule has 0 fully saturated rings. The van der Waals surface area contributed by atoms with Crippen LogP contribution >= 0.6 is 0 Å². The fraction of sp³-hybridized carbons (Fsp3) is 0.192. The summed E-state index contributed by atoms with van der Waals surface area (Å²) in [7, 11) is 0. The fourth-order valence-corrected chi connectivity index (χ4v) is 3.45. The average molecular weight is 429 g/mol. The number of nitrogens with zero attached hydrogens (tertiary/aromatic N) is 1. The summed E-state index contributed by atoms with van der Waals surface area (Å²) in [5.74, 6) is -0.271. The number of rotatable bonds is 8. The predicted molar refractivity (Wildman–Crippen MR) is 119 cm³/mol. The minimum atomic E-state index is -0.599. The zero-order valence-corrected chi connectivity index (χ0v) is 17.7. The van der Waals surface area contributed by atoms with Gasteiger partial charge in [0.15, 0.2) is 0 Å². The summed E-state index contributed by atoms with van der Waals surface area (Å²) in [6.07, 6.45) is 1.62. The Balaban J connectivity index is 1.40. The number of hydrogen-bond donors (Lipinski definition) is 0. The highest BCUT2D eigenvalue weighted by atomic mass is 16.5. The molecule has 0 bridgehead atoms. The molecule has 0 radical (unpaired) electrons. The van der Waals surface area contributed by atoms with Crippen LogP contribution in [0.1, 0.15) is 56.4 Å². The van der Waals surface area contributed by atoms with Crippen molar-refractivity contribution in [3.8, 4) is 11.5 Å². The van der Waals surface area contributed by atoms with Crippen LogP contribution in [-0.4, -0.2) is 29.2 Å². The van der Waals surface area contributed by atoms with Crippen LogP contribution in [-0.2, 0) is 6.61 Å². The van der Waals surface area contributed by atoms with Crippen molar-refractivity contribution in [1.29, 1.82) is 0 Å². The van der Waals surface area contributed by atoms with Crippen LogP contribution in [0.3, 0.4) is 0 Å². The third kappa shape index (κ3) is 4.54. The number of esters is 1. The van der Waals surface area contributed by atoms with Crippen molar-refractivity contribution in [3.05, 3.63) is 95.1 Å². The highest BCUT2D eigenvalue weighted by Crippen LogP contribution is 2.25. The van der Waals surface area contributed by atoms with E-state index in [1.165, 1.54) is 23.1 Å². The predicted octanol–water partition coefficient (Wildman–Crippen LogP) is 4.88. The number of hydrogen-bond acceptors (Lipinski definition) is 5. The summed E-state index contributed by atoms with van der Waals surface area (Å²) in [6, 6.07) is 21.0. The number of benzene rings is 3. The molecule has 1 aliphatic rings. The first-order valence-electron chi connectivity index (χ1n) is 10.6. The lowest BCUT2D eigenvalue weighted by Gasteiger charge is -2.12. The van der Waals surface area contributed by atoms with Gasteiger partial charge in [0.2, 0.25) is 0 Å². The molecule has 3 aromatic rings. The van der Waals surface area contributed by atoms with E-state index in [1.807, 2.05) is 37.3 Å². The second-order valence-electron chi connectivity index (χ2n) is 7.51. The van der Waals surface area contributed by atoms with E-state index in [4.69, 9.17) is 9.47 Å². The molecule has 2 amide bonds. The van der Waals surface area contributed by atoms with Crippen molar-refractivity contribution in [1.82, 2.24) is 4.90 Å². The van der Waals surface area contributed by atoms with Crippen molar-refractivity contribution in [2.75, 3.05) is 6.54 Å². The molecule has 0 aromatic heterocycles. The van der Waals surface area contributed by atoms with Crippen LogP contribution in [0.4, 0.5) is 0 Å². The average Bonchev–Trinajstić information content (AvgIpc) is 3.07. The molecule has 162 valence electrons. The van der Waals surface area contributed by atoms with Gasteiger partial charge in [-0.2, -0.15) is 0 Å². The zero-order chi connectivity index (χ0) is 22.5. The van der Waals surface area contributed by atoms with E-state index in [0.717, 1.165) is 18.4 Å². The molecule has 0 atom stereocenters. The molecule has 32 heavy (non-hydrogen) atoms. The number of carbonyl (C=O) groups is 3. The topological polar surface area (TPSA) is 72.9 Å². The van der Waals surface area contributed by atoms with Gasteiger partial charge in [-0.3, -0.25) is 14.5 Å². The number of fused-ring (bicyclic) bond motifs is 1. The highest BCUT2D eigenvalue weighted by molar-refractivity contribution is 6.22. The maximum atomic E-state index is 12.6. The molecule has 1 aliphatic heterocycles. The Hall–Kier alpha value is -3.93. The summed E-state index contributed by atoms with van der Waals surface area (Å²) in [5, 5.41) is 0. The summed E-state index contributed by atoms with van der Waals surface area (Å²) >= 11 is 0. The second kappa shape index (κ2) is 9.47. The van der Waals surface area contributed by atoms with E-state index >= 15 is 0 Å². The molecule has 4 rings (SSSR count). The molecule has 0 saturated heterocycles. The first kappa shape index (κ1) is 21.3. The molecule has 0 saturated carbocycles. The van der Waals surface area contributed by atoms with Crippen LogP contribution in [0.2, 0.25) is 0 Å². The van der Waals surface area contributed by atoms with Crippen molar-refractivity contribution in [2.45, 2.75) is 26.4 Å². The van der Waals surface area contributed by atoms with Gasteiger partial charge in [0.1, 0.15) is 18.1 Å². The Morgan fingerprint density at radius 1 is 0.844 bits per heavy atom. The maximum Gasteiger partial charge on any atom is 0.343 e. The van der Waals surface area contributed by atoms with Crippen molar-refractivity contribution < 1.29 is 23.9 Å². The molecule has 6 heteroatoms. The SMILES string of the molecule is CCCCN1C(=O)c2ccc(C(=O)Oc3ccc(OCc4ccccc4)cc3)cc2C1=O. The molecule has 3 aromatic carbocycles. The van der Waals surface area contributed by atoms with Gasteiger partial charge in [0, 0.05) is 6.54 Å². The normalized spacial score (nSPS) is 12.6. The molecular weight excluding hydrogens is 406 g/mol. The monoisotopic (exact) mass is 429 g/mol. The van der Waals surface area contributed by atoms with E-state index in [1.54, 1.807) is 24.3 Å². The number of imide groups is 1. The minimum absolute atomic E-state index is 0.214. The number of carbonyl (C=O) groups excluding carboxylic acids is 3. The van der Waals surface area contributed by atoms with Gasteiger partial charge in [-0.05, 0) is 54.4 Å². The van der Waals surface area contributed by atoms with Crippen LogP contribution in [0, 0.1) is 0 Å². The largest absolute Gasteiger partial charge is 0.489 e. The summed E-state index contributed by atoms with van der Waals surface area (Å²) in [4.78, 5) is 38.8. The molecule has 0 unspecified atom stereocenters. The van der Waals surface area contributed by atoms with Gasteiger partial charge in [-0.1, -0.05) is 43.7 Å². The molecule has 0 aliphatic carbocycles. The lowest BCUT2D eigenvalue weighted by Crippen LogP contribution is -2.30. The highest BCUT2D eigenvalue weighted by Gasteiger charge is 2.35. The zero-order valence-electron chi connectivity index (χ0n) is 17.7. The molecule has 1 heterocycles. The van der Waals surface area contributed by atoms with Crippen molar-refractivity contribution >= 4 is 17.8 Å². The van der Waals surface area contributed by atoms with Gasteiger partial charge < -0.3 is 9.47 Å². The Bertz CT molecular complexity index is 1140. The number of unbranched alkanes of at least 4 members (excludes halogenated alkanes) is 1. The first-order chi connectivity index (χ1) is 15.6. The van der Waals surface area contributed by atoms with Crippen LogP contribution in [0.5, 0.6) is 11.5 Å². The number of amides is 2. The fourth-order valence-electron chi connectivity index (χ4n) is 3.45. The number of ether oxygens (including phenoxy) is 2. The Morgan fingerprint density at radius 3 is 2.25 bits per heavy atom. The Labute approximate surface area is 186 Å². The van der Waals surface area contributed by atoms with Crippen LogP contribution in [0.25, 0.3) is 0 Å². The smallest absolute Gasteiger partial charge is 0.343 e. The van der Waals surface area contributed by atoms with E-state index in [9.17, 15) is 14.4 Å². The summed E-state index contributed by atoms with van der Waals surface area (Å²) in [6.45, 7) is 2.81. The molecule has 6 nitrogen and oxygen atoms in total. The lowest BCUT2D eigenvalue weighted by molar-refractivity contribution is 0.0651. The van der Waals surface area contributed by atoms with Gasteiger partial charge in [0.25, 0.3) is 11.8 Å². The first-order valence-corrected chi connectivity index (χ1v) is 10.6. The van der Waals surface area contributed by atoms with Gasteiger partial charge in [-0.25, -0.2) is 4.79 Å². The quantitative estimate of drug-likeness (QED) is 0.290. The summed E-state index contributed by atoms with van der Waals surface area (Å²) < 4.78 is 11.2. The third-order valence-electron chi connectivity index (χ3n) is 5.22. The van der Waals surface area contributed by atoms with E-state index < -0.39 is 5.97 Å². The van der Waals surface area contributed by atoms with Crippen LogP contribution < -0.4 is 9.47 Å². The molecular formula is C26H23NO5. The van der Waals surface area contributed by atoms with E-state index in [-0.39, 0.29) is 22.9 Å². The lowest BCUT2D eigenvalue weighted by atomic mass is 10.1. The maximum absolute atomic E-state index is 12.6. The Morgan fingerprint density at radius 2 is 1.53 bits per heavy atom. The third-order valence-corrected chi connectivity index (χ3v) is 5.22. The van der Waals surface area contributed by atoms with Gasteiger partial charge in [-0.15, -0.1) is 0 Å². The Kier molecular flexibility index (Phi) is 6.31. The van der Waals surface area contributed by atoms with Gasteiger partial charge in [0.05, 0.1) is 16.7 Å². The summed E-state index contributed by atoms with van der Waals surface area (Å²) in [5.41, 5.74) is 1.83.